The molecule has 0 saturated carbocycles. The minimum atomic E-state index is -2.07. The Labute approximate surface area is 169 Å². The van der Waals surface area contributed by atoms with Crippen molar-refractivity contribution in [3.05, 3.63) is 0 Å². The van der Waals surface area contributed by atoms with Gasteiger partial charge in [-0.25, -0.2) is 0 Å². The minimum Gasteiger partial charge on any atom is -0.481 e. The first-order valence-corrected chi connectivity index (χ1v) is 9.42. The Kier molecular flexibility index (Phi) is 7.60. The molecule has 13 heteroatoms. The molecular weight excluding hydrogens is 435 g/mol. The van der Waals surface area contributed by atoms with Gasteiger partial charge in [0.2, 0.25) is 5.79 Å². The molecule has 2 aliphatic rings. The van der Waals surface area contributed by atoms with Crippen LogP contribution >= 0.6 is 34.8 Å². The molecule has 158 valence electrons. The summed E-state index contributed by atoms with van der Waals surface area (Å²) >= 11 is 17.5. The molecule has 0 unspecified atom stereocenters. The lowest BCUT2D eigenvalue weighted by atomic mass is 9.87. The maximum absolute atomic E-state index is 11.1. The maximum Gasteiger partial charge on any atom is 0.306 e. The van der Waals surface area contributed by atoms with E-state index in [4.69, 9.17) is 54.1 Å². The summed E-state index contributed by atoms with van der Waals surface area (Å²) in [6, 6.07) is 0. The molecule has 2 heterocycles. The number of carboxylic acids is 1. The molecule has 6 N–H and O–H groups in total. The van der Waals surface area contributed by atoms with Crippen LogP contribution in [0.15, 0.2) is 0 Å². The van der Waals surface area contributed by atoms with Gasteiger partial charge in [-0.05, 0) is 0 Å². The van der Waals surface area contributed by atoms with Gasteiger partial charge in [0.25, 0.3) is 0 Å². The van der Waals surface area contributed by atoms with Gasteiger partial charge in [0.05, 0.1) is 30.2 Å². The summed E-state index contributed by atoms with van der Waals surface area (Å²) in [6.45, 7) is -0.915. The third-order valence-electron chi connectivity index (χ3n) is 4.66. The first-order chi connectivity index (χ1) is 12.6. The summed E-state index contributed by atoms with van der Waals surface area (Å²) in [5.41, 5.74) is -2.00. The SMILES string of the molecule is O=C(O)C[C@]1(CO)O[C@H](O[C@]2(CCl)O[C@H](CCl)[C@@H](O)[C@@H]2O)[C@H](O)[C@@H](O)[C@H]1Cl. The minimum absolute atomic E-state index is 0.208. The molecule has 0 amide bonds. The van der Waals surface area contributed by atoms with Crippen molar-refractivity contribution in [2.75, 3.05) is 18.4 Å². The van der Waals surface area contributed by atoms with Crippen LogP contribution in [-0.2, 0) is 19.0 Å². The number of alkyl halides is 3. The summed E-state index contributed by atoms with van der Waals surface area (Å²) in [5.74, 6) is -4.20. The predicted molar refractivity (Wildman–Crippen MR) is 90.7 cm³/mol. The molecule has 27 heavy (non-hydrogen) atoms. The Balaban J connectivity index is 2.31. The first-order valence-electron chi connectivity index (χ1n) is 7.92. The van der Waals surface area contributed by atoms with Crippen molar-refractivity contribution in [3.8, 4) is 0 Å². The van der Waals surface area contributed by atoms with Crippen molar-refractivity contribution in [3.63, 3.8) is 0 Å². The molecule has 9 atom stereocenters. The van der Waals surface area contributed by atoms with E-state index in [-0.39, 0.29) is 5.88 Å². The van der Waals surface area contributed by atoms with Crippen LogP contribution in [0.3, 0.4) is 0 Å². The summed E-state index contributed by atoms with van der Waals surface area (Å²) < 4.78 is 16.3. The summed E-state index contributed by atoms with van der Waals surface area (Å²) in [5, 5.41) is 57.9. The zero-order valence-electron chi connectivity index (χ0n) is 13.8. The average molecular weight is 456 g/mol. The van der Waals surface area contributed by atoms with Gasteiger partial charge in [-0.3, -0.25) is 4.79 Å². The van der Waals surface area contributed by atoms with E-state index in [1.54, 1.807) is 0 Å². The molecule has 2 fully saturated rings. The van der Waals surface area contributed by atoms with Crippen LogP contribution in [0.2, 0.25) is 0 Å². The number of hydrogen-bond acceptors (Lipinski definition) is 9. The first kappa shape index (κ1) is 23.3. The van der Waals surface area contributed by atoms with Crippen LogP contribution in [0.1, 0.15) is 6.42 Å². The standard InChI is InChI=1S/C14H21Cl3O10/c15-2-5-7(21)11(24)14(3-16,25-5)27-12-9(23)8(22)10(17)13(4-18,26-12)1-6(19)20/h5,7-12,18,21-24H,1-4H2,(H,19,20)/t5-,7-,8-,9-,10-,11+,12-,13-,14+/m1/s1. The van der Waals surface area contributed by atoms with Gasteiger partial charge in [0, 0.05) is 0 Å². The maximum atomic E-state index is 11.1. The Bertz CT molecular complexity index is 541. The van der Waals surface area contributed by atoms with E-state index in [1.807, 2.05) is 0 Å². The van der Waals surface area contributed by atoms with E-state index < -0.39 is 78.5 Å². The van der Waals surface area contributed by atoms with Crippen LogP contribution in [0.25, 0.3) is 0 Å². The summed E-state index contributed by atoms with van der Waals surface area (Å²) in [6.07, 6.45) is -10.4. The highest BCUT2D eigenvalue weighted by Gasteiger charge is 2.60. The molecule has 0 aliphatic carbocycles. The van der Waals surface area contributed by atoms with Crippen molar-refractivity contribution in [2.24, 2.45) is 0 Å². The third kappa shape index (κ3) is 4.17. The number of rotatable bonds is 7. The lowest BCUT2D eigenvalue weighted by molar-refractivity contribution is -0.374. The highest BCUT2D eigenvalue weighted by molar-refractivity contribution is 6.22. The number of ether oxygens (including phenoxy) is 3. The Morgan fingerprint density at radius 1 is 1.07 bits per heavy atom. The number of halogens is 3. The van der Waals surface area contributed by atoms with Gasteiger partial charge in [-0.2, -0.15) is 0 Å². The van der Waals surface area contributed by atoms with Crippen molar-refractivity contribution in [1.29, 1.82) is 0 Å². The lowest BCUT2D eigenvalue weighted by Gasteiger charge is -2.48. The van der Waals surface area contributed by atoms with E-state index in [0.29, 0.717) is 0 Å². The van der Waals surface area contributed by atoms with Gasteiger partial charge in [0.15, 0.2) is 6.29 Å². The fourth-order valence-electron chi connectivity index (χ4n) is 3.10. The molecule has 0 spiro atoms. The average Bonchev–Trinajstić information content (AvgIpc) is 2.88. The number of hydrogen-bond donors (Lipinski definition) is 6. The van der Waals surface area contributed by atoms with Gasteiger partial charge < -0.3 is 44.8 Å². The molecule has 2 rings (SSSR count). The van der Waals surface area contributed by atoms with E-state index in [0.717, 1.165) is 0 Å². The second-order valence-corrected chi connectivity index (χ2v) is 7.52. The molecule has 2 aliphatic heterocycles. The van der Waals surface area contributed by atoms with Crippen molar-refractivity contribution < 1.29 is 49.6 Å². The topological polar surface area (TPSA) is 166 Å². The van der Waals surface area contributed by atoms with Gasteiger partial charge in [-0.15, -0.1) is 34.8 Å². The Morgan fingerprint density at radius 3 is 2.15 bits per heavy atom. The quantitative estimate of drug-likeness (QED) is 0.241. The summed E-state index contributed by atoms with van der Waals surface area (Å²) in [7, 11) is 0. The highest BCUT2D eigenvalue weighted by atomic mass is 35.5. The molecule has 0 aromatic heterocycles. The third-order valence-corrected chi connectivity index (χ3v) is 5.99. The summed E-state index contributed by atoms with van der Waals surface area (Å²) in [4.78, 5) is 11.1. The normalized spacial score (nSPS) is 47.9. The number of aliphatic hydroxyl groups excluding tert-OH is 5. The second-order valence-electron chi connectivity index (χ2n) is 6.47. The number of aliphatic carboxylic acids is 1. The fourth-order valence-corrected chi connectivity index (χ4v) is 3.97. The van der Waals surface area contributed by atoms with Crippen molar-refractivity contribution in [2.45, 2.75) is 60.0 Å². The van der Waals surface area contributed by atoms with Crippen LogP contribution in [-0.4, -0.2) is 109 Å². The molecule has 2 saturated heterocycles. The van der Waals surface area contributed by atoms with Crippen LogP contribution in [0.4, 0.5) is 0 Å². The molecule has 0 aromatic rings. The smallest absolute Gasteiger partial charge is 0.306 e. The zero-order chi connectivity index (χ0) is 20.6. The number of aliphatic hydroxyl groups is 5. The monoisotopic (exact) mass is 454 g/mol. The number of carbonyl (C=O) groups is 1. The lowest BCUT2D eigenvalue weighted by Crippen LogP contribution is -2.67. The van der Waals surface area contributed by atoms with E-state index in [2.05, 4.69) is 0 Å². The van der Waals surface area contributed by atoms with Gasteiger partial charge >= 0.3 is 5.97 Å². The molecular formula is C14H21Cl3O10. The van der Waals surface area contributed by atoms with Crippen LogP contribution in [0, 0.1) is 0 Å². The molecule has 0 radical (unpaired) electrons. The van der Waals surface area contributed by atoms with Gasteiger partial charge in [0.1, 0.15) is 36.1 Å². The van der Waals surface area contributed by atoms with Crippen molar-refractivity contribution >= 4 is 40.8 Å². The largest absolute Gasteiger partial charge is 0.481 e. The fraction of sp³-hybridized carbons (Fsp3) is 0.929. The highest BCUT2D eigenvalue weighted by Crippen LogP contribution is 2.41. The van der Waals surface area contributed by atoms with Crippen LogP contribution < -0.4 is 0 Å². The van der Waals surface area contributed by atoms with Crippen molar-refractivity contribution in [1.82, 2.24) is 0 Å². The zero-order valence-corrected chi connectivity index (χ0v) is 16.1. The molecule has 0 bridgehead atoms. The Hall–Kier alpha value is 0.0200. The Morgan fingerprint density at radius 2 is 1.70 bits per heavy atom. The van der Waals surface area contributed by atoms with Crippen LogP contribution in [0.5, 0.6) is 0 Å². The molecule has 0 aromatic carbocycles. The van der Waals surface area contributed by atoms with E-state index in [1.165, 1.54) is 0 Å². The number of carboxylic acid groups (broad SMARTS) is 1. The molecule has 10 nitrogen and oxygen atoms in total. The predicted octanol–water partition coefficient (Wildman–Crippen LogP) is -1.81. The van der Waals surface area contributed by atoms with E-state index >= 15 is 0 Å². The van der Waals surface area contributed by atoms with Gasteiger partial charge in [-0.1, -0.05) is 0 Å². The second kappa shape index (κ2) is 8.80. The van der Waals surface area contributed by atoms with E-state index in [9.17, 15) is 30.3 Å².